The highest BCUT2D eigenvalue weighted by Crippen LogP contribution is 2.34. The van der Waals surface area contributed by atoms with Gasteiger partial charge in [-0.1, -0.05) is 30.3 Å². The number of amides is 1. The van der Waals surface area contributed by atoms with E-state index in [0.29, 0.717) is 32.5 Å². The molecule has 1 atom stereocenters. The molecule has 2 rings (SSSR count). The van der Waals surface area contributed by atoms with E-state index in [0.717, 1.165) is 18.4 Å². The topological polar surface area (TPSA) is 58.6 Å². The van der Waals surface area contributed by atoms with Gasteiger partial charge in [-0.15, -0.1) is 6.58 Å². The highest BCUT2D eigenvalue weighted by atomic mass is 16.5. The summed E-state index contributed by atoms with van der Waals surface area (Å²) < 4.78 is 5.25. The van der Waals surface area contributed by atoms with Gasteiger partial charge in [0.2, 0.25) is 5.91 Å². The molecule has 0 aliphatic heterocycles. The molecule has 4 nitrogen and oxygen atoms in total. The van der Waals surface area contributed by atoms with Gasteiger partial charge in [-0.05, 0) is 36.8 Å². The predicted molar refractivity (Wildman–Crippen MR) is 86.5 cm³/mol. The van der Waals surface area contributed by atoms with Gasteiger partial charge in [-0.3, -0.25) is 4.79 Å². The number of hydrogen-bond acceptors (Lipinski definition) is 3. The first-order chi connectivity index (χ1) is 10.7. The van der Waals surface area contributed by atoms with Gasteiger partial charge in [-0.25, -0.2) is 0 Å². The lowest BCUT2D eigenvalue weighted by molar-refractivity contribution is -0.123. The summed E-state index contributed by atoms with van der Waals surface area (Å²) >= 11 is 0. The maximum absolute atomic E-state index is 11.9. The molecule has 0 heterocycles. The molecule has 1 aromatic rings. The van der Waals surface area contributed by atoms with E-state index in [4.69, 9.17) is 4.74 Å². The van der Waals surface area contributed by atoms with Crippen molar-refractivity contribution < 1.29 is 14.6 Å². The molecule has 0 saturated carbocycles. The maximum Gasteiger partial charge on any atom is 0.220 e. The first-order valence-electron chi connectivity index (χ1n) is 7.92. The Hall–Kier alpha value is -1.65. The van der Waals surface area contributed by atoms with Crippen molar-refractivity contribution in [3.63, 3.8) is 0 Å². The minimum atomic E-state index is -0.941. The van der Waals surface area contributed by atoms with Crippen LogP contribution in [0, 0.1) is 0 Å². The molecular formula is C18H25NO3. The molecule has 0 spiro atoms. The molecule has 0 fully saturated rings. The third-order valence-electron chi connectivity index (χ3n) is 4.06. The Labute approximate surface area is 132 Å². The van der Waals surface area contributed by atoms with E-state index in [1.807, 2.05) is 18.2 Å². The zero-order chi connectivity index (χ0) is 15.8. The molecular weight excluding hydrogens is 278 g/mol. The molecule has 22 heavy (non-hydrogen) atoms. The lowest BCUT2D eigenvalue weighted by Gasteiger charge is -2.34. The summed E-state index contributed by atoms with van der Waals surface area (Å²) in [6.45, 7) is 4.90. The van der Waals surface area contributed by atoms with Gasteiger partial charge in [-0.2, -0.15) is 0 Å². The third kappa shape index (κ3) is 4.42. The Morgan fingerprint density at radius 1 is 1.45 bits per heavy atom. The van der Waals surface area contributed by atoms with Gasteiger partial charge in [0, 0.05) is 13.0 Å². The summed E-state index contributed by atoms with van der Waals surface area (Å²) in [5.74, 6) is -0.0429. The van der Waals surface area contributed by atoms with Crippen molar-refractivity contribution in [3.05, 3.63) is 48.0 Å². The number of fused-ring (bicyclic) bond motifs is 1. The van der Waals surface area contributed by atoms with Crippen molar-refractivity contribution >= 4 is 5.91 Å². The minimum absolute atomic E-state index is 0.0429. The van der Waals surface area contributed by atoms with E-state index < -0.39 is 5.60 Å². The summed E-state index contributed by atoms with van der Waals surface area (Å²) in [4.78, 5) is 11.9. The van der Waals surface area contributed by atoms with Crippen LogP contribution in [0.1, 0.15) is 36.8 Å². The molecule has 1 aromatic carbocycles. The van der Waals surface area contributed by atoms with E-state index in [2.05, 4.69) is 18.0 Å². The number of ether oxygens (including phenoxy) is 1. The number of hydrogen-bond donors (Lipinski definition) is 2. The Morgan fingerprint density at radius 2 is 2.27 bits per heavy atom. The average molecular weight is 303 g/mol. The van der Waals surface area contributed by atoms with Crippen molar-refractivity contribution in [2.24, 2.45) is 0 Å². The van der Waals surface area contributed by atoms with Gasteiger partial charge in [0.15, 0.2) is 0 Å². The van der Waals surface area contributed by atoms with Gasteiger partial charge in [0.25, 0.3) is 0 Å². The summed E-state index contributed by atoms with van der Waals surface area (Å²) in [7, 11) is 0. The highest BCUT2D eigenvalue weighted by molar-refractivity contribution is 5.75. The zero-order valence-electron chi connectivity index (χ0n) is 13.0. The molecule has 0 radical (unpaired) electrons. The SMILES string of the molecule is C=CCOCCCC(=O)NCC1(O)CCCc2ccccc21. The highest BCUT2D eigenvalue weighted by Gasteiger charge is 2.34. The molecule has 1 unspecified atom stereocenters. The first kappa shape index (κ1) is 16.7. The summed E-state index contributed by atoms with van der Waals surface area (Å²) in [6, 6.07) is 7.95. The number of aryl methyl sites for hydroxylation is 1. The average Bonchev–Trinajstić information content (AvgIpc) is 2.53. The smallest absolute Gasteiger partial charge is 0.220 e. The van der Waals surface area contributed by atoms with Crippen LogP contribution in [-0.2, 0) is 21.6 Å². The quantitative estimate of drug-likeness (QED) is 0.572. The molecule has 1 aliphatic carbocycles. The summed E-state index contributed by atoms with van der Waals surface area (Å²) in [6.07, 6.45) is 5.40. The number of nitrogens with one attached hydrogen (secondary N) is 1. The normalized spacial score (nSPS) is 20.2. The van der Waals surface area contributed by atoms with E-state index in [1.165, 1.54) is 5.56 Å². The van der Waals surface area contributed by atoms with E-state index >= 15 is 0 Å². The Morgan fingerprint density at radius 3 is 3.09 bits per heavy atom. The van der Waals surface area contributed by atoms with Crippen LogP contribution < -0.4 is 5.32 Å². The van der Waals surface area contributed by atoms with E-state index in [-0.39, 0.29) is 12.5 Å². The minimum Gasteiger partial charge on any atom is -0.383 e. The van der Waals surface area contributed by atoms with Crippen LogP contribution >= 0.6 is 0 Å². The second kappa shape index (κ2) is 8.11. The zero-order valence-corrected chi connectivity index (χ0v) is 13.0. The van der Waals surface area contributed by atoms with Crippen molar-refractivity contribution in [2.45, 2.75) is 37.7 Å². The van der Waals surface area contributed by atoms with Gasteiger partial charge in [0.1, 0.15) is 5.60 Å². The van der Waals surface area contributed by atoms with Crippen LogP contribution in [0.15, 0.2) is 36.9 Å². The fourth-order valence-electron chi connectivity index (χ4n) is 2.92. The first-order valence-corrected chi connectivity index (χ1v) is 7.92. The van der Waals surface area contributed by atoms with Crippen LogP contribution in [0.2, 0.25) is 0 Å². The van der Waals surface area contributed by atoms with Crippen LogP contribution in [0.25, 0.3) is 0 Å². The second-order valence-corrected chi connectivity index (χ2v) is 5.79. The summed E-state index contributed by atoms with van der Waals surface area (Å²) in [5.41, 5.74) is 1.20. The Bertz CT molecular complexity index is 515. The Balaban J connectivity index is 1.81. The molecule has 120 valence electrons. The molecule has 2 N–H and O–H groups in total. The van der Waals surface area contributed by atoms with Crippen molar-refractivity contribution in [1.82, 2.24) is 5.32 Å². The molecule has 0 aromatic heterocycles. The second-order valence-electron chi connectivity index (χ2n) is 5.79. The van der Waals surface area contributed by atoms with Crippen LogP contribution in [0.4, 0.5) is 0 Å². The lowest BCUT2D eigenvalue weighted by atomic mass is 9.79. The number of aliphatic hydroxyl groups is 1. The van der Waals surface area contributed by atoms with E-state index in [9.17, 15) is 9.90 Å². The molecule has 4 heteroatoms. The lowest BCUT2D eigenvalue weighted by Crippen LogP contribution is -2.43. The third-order valence-corrected chi connectivity index (χ3v) is 4.06. The van der Waals surface area contributed by atoms with E-state index in [1.54, 1.807) is 6.08 Å². The predicted octanol–water partition coefficient (Wildman–Crippen LogP) is 2.31. The van der Waals surface area contributed by atoms with Gasteiger partial charge in [0.05, 0.1) is 13.2 Å². The van der Waals surface area contributed by atoms with Gasteiger partial charge < -0.3 is 15.2 Å². The number of rotatable bonds is 8. The number of carbonyl (C=O) groups is 1. The molecule has 1 amide bonds. The number of benzene rings is 1. The monoisotopic (exact) mass is 303 g/mol. The maximum atomic E-state index is 11.9. The molecule has 0 saturated heterocycles. The Kier molecular flexibility index (Phi) is 6.16. The molecule has 1 aliphatic rings. The van der Waals surface area contributed by atoms with Gasteiger partial charge >= 0.3 is 0 Å². The fourth-order valence-corrected chi connectivity index (χ4v) is 2.92. The van der Waals surface area contributed by atoms with Crippen LogP contribution in [-0.4, -0.2) is 30.8 Å². The van der Waals surface area contributed by atoms with Crippen LogP contribution in [0.5, 0.6) is 0 Å². The standard InChI is InChI=1S/C18H25NO3/c1-2-12-22-13-6-10-17(20)19-14-18(21)11-5-8-15-7-3-4-9-16(15)18/h2-4,7,9,21H,1,5-6,8,10-14H2,(H,19,20). The van der Waals surface area contributed by atoms with Crippen molar-refractivity contribution in [3.8, 4) is 0 Å². The fraction of sp³-hybridized carbons (Fsp3) is 0.500. The molecule has 0 bridgehead atoms. The summed E-state index contributed by atoms with van der Waals surface area (Å²) in [5, 5.41) is 13.7. The largest absolute Gasteiger partial charge is 0.383 e. The van der Waals surface area contributed by atoms with Crippen molar-refractivity contribution in [1.29, 1.82) is 0 Å². The number of carbonyl (C=O) groups excluding carboxylic acids is 1. The van der Waals surface area contributed by atoms with Crippen molar-refractivity contribution in [2.75, 3.05) is 19.8 Å². The van der Waals surface area contributed by atoms with Crippen LogP contribution in [0.3, 0.4) is 0 Å².